The number of benzene rings is 1. The van der Waals surface area contributed by atoms with Crippen LogP contribution in [0.15, 0.2) is 18.2 Å². The molecule has 0 saturated carbocycles. The Morgan fingerprint density at radius 2 is 1.89 bits per heavy atom. The minimum atomic E-state index is -0.163. The van der Waals surface area contributed by atoms with Gasteiger partial charge in [-0.25, -0.2) is 4.39 Å². The average molecular weight is 266 g/mol. The van der Waals surface area contributed by atoms with Gasteiger partial charge in [0.05, 0.1) is 0 Å². The Morgan fingerprint density at radius 3 is 2.42 bits per heavy atom. The van der Waals surface area contributed by atoms with Crippen molar-refractivity contribution in [3.05, 3.63) is 29.6 Å². The van der Waals surface area contributed by atoms with E-state index >= 15 is 0 Å². The number of rotatable bonds is 7. The van der Waals surface area contributed by atoms with Gasteiger partial charge < -0.3 is 10.2 Å². The Morgan fingerprint density at radius 1 is 1.21 bits per heavy atom. The van der Waals surface area contributed by atoms with Crippen molar-refractivity contribution in [2.24, 2.45) is 5.92 Å². The molecule has 1 N–H and O–H groups in total. The maximum Gasteiger partial charge on any atom is 0.123 e. The van der Waals surface area contributed by atoms with Crippen molar-refractivity contribution >= 4 is 5.69 Å². The Balaban J connectivity index is 3.10. The van der Waals surface area contributed by atoms with Crippen LogP contribution in [-0.2, 0) is 0 Å². The quantitative estimate of drug-likeness (QED) is 0.803. The summed E-state index contributed by atoms with van der Waals surface area (Å²) in [5.41, 5.74) is 2.19. The molecule has 0 fully saturated rings. The molecule has 1 aromatic carbocycles. The molecule has 0 heterocycles. The monoisotopic (exact) mass is 266 g/mol. The maximum absolute atomic E-state index is 13.5. The van der Waals surface area contributed by atoms with Gasteiger partial charge in [-0.15, -0.1) is 0 Å². The van der Waals surface area contributed by atoms with E-state index in [9.17, 15) is 4.39 Å². The van der Waals surface area contributed by atoms with Crippen LogP contribution in [0.5, 0.6) is 0 Å². The second-order valence-electron chi connectivity index (χ2n) is 5.41. The molecular formula is C16H27FN2. The molecule has 1 atom stereocenters. The Bertz CT molecular complexity index is 390. The lowest BCUT2D eigenvalue weighted by Crippen LogP contribution is -2.30. The molecular weight excluding hydrogens is 239 g/mol. The van der Waals surface area contributed by atoms with Crippen LogP contribution >= 0.6 is 0 Å². The van der Waals surface area contributed by atoms with Gasteiger partial charge in [0.2, 0.25) is 0 Å². The van der Waals surface area contributed by atoms with Crippen molar-refractivity contribution in [2.45, 2.75) is 40.7 Å². The lowest BCUT2D eigenvalue weighted by Gasteiger charge is -2.29. The summed E-state index contributed by atoms with van der Waals surface area (Å²) >= 11 is 0. The summed E-state index contributed by atoms with van der Waals surface area (Å²) < 4.78 is 13.5. The zero-order valence-corrected chi connectivity index (χ0v) is 12.8. The molecule has 108 valence electrons. The third-order valence-electron chi connectivity index (χ3n) is 3.27. The predicted molar refractivity (Wildman–Crippen MR) is 81.2 cm³/mol. The van der Waals surface area contributed by atoms with Crippen molar-refractivity contribution < 1.29 is 4.39 Å². The van der Waals surface area contributed by atoms with Crippen LogP contribution in [0.25, 0.3) is 0 Å². The van der Waals surface area contributed by atoms with Crippen molar-refractivity contribution in [3.8, 4) is 0 Å². The van der Waals surface area contributed by atoms with Gasteiger partial charge in [0.25, 0.3) is 0 Å². The van der Waals surface area contributed by atoms with E-state index in [4.69, 9.17) is 0 Å². The summed E-state index contributed by atoms with van der Waals surface area (Å²) in [6.07, 6.45) is 0. The predicted octanol–water partition coefficient (Wildman–Crippen LogP) is 3.98. The standard InChI is InChI=1S/C16H27FN2/c1-6-18-13(5)15-10-14(17)8-9-16(15)19(7-2)11-12(3)4/h8-10,12-13,18H,6-7,11H2,1-5H3. The number of halogens is 1. The van der Waals surface area contributed by atoms with E-state index in [2.05, 4.69) is 44.8 Å². The minimum absolute atomic E-state index is 0.163. The van der Waals surface area contributed by atoms with Crippen molar-refractivity contribution in [3.63, 3.8) is 0 Å². The summed E-state index contributed by atoms with van der Waals surface area (Å²) in [6.45, 7) is 13.5. The van der Waals surface area contributed by atoms with E-state index in [0.29, 0.717) is 5.92 Å². The Labute approximate surface area is 117 Å². The number of hydrogen-bond acceptors (Lipinski definition) is 2. The molecule has 0 bridgehead atoms. The first-order chi connectivity index (χ1) is 8.99. The topological polar surface area (TPSA) is 15.3 Å². The number of anilines is 1. The fraction of sp³-hybridized carbons (Fsp3) is 0.625. The second-order valence-corrected chi connectivity index (χ2v) is 5.41. The highest BCUT2D eigenvalue weighted by molar-refractivity contribution is 5.55. The summed E-state index contributed by atoms with van der Waals surface area (Å²) in [4.78, 5) is 2.33. The molecule has 19 heavy (non-hydrogen) atoms. The number of nitrogens with zero attached hydrogens (tertiary/aromatic N) is 1. The maximum atomic E-state index is 13.5. The second kappa shape index (κ2) is 7.49. The van der Waals surface area contributed by atoms with E-state index in [1.54, 1.807) is 12.1 Å². The SMILES string of the molecule is CCNC(C)c1cc(F)ccc1N(CC)CC(C)C. The molecule has 0 spiro atoms. The summed E-state index contributed by atoms with van der Waals surface area (Å²) in [5, 5.41) is 3.37. The van der Waals surface area contributed by atoms with E-state index in [-0.39, 0.29) is 11.9 Å². The minimum Gasteiger partial charge on any atom is -0.371 e. The molecule has 0 saturated heterocycles. The van der Waals surface area contributed by atoms with Crippen LogP contribution < -0.4 is 10.2 Å². The fourth-order valence-electron chi connectivity index (χ4n) is 2.41. The largest absolute Gasteiger partial charge is 0.371 e. The van der Waals surface area contributed by atoms with Gasteiger partial charge in [-0.1, -0.05) is 20.8 Å². The Hall–Kier alpha value is -1.09. The zero-order chi connectivity index (χ0) is 14.4. The molecule has 0 radical (unpaired) electrons. The molecule has 0 aliphatic rings. The lowest BCUT2D eigenvalue weighted by atomic mass is 10.0. The van der Waals surface area contributed by atoms with Gasteiger partial charge in [0.15, 0.2) is 0 Å². The van der Waals surface area contributed by atoms with E-state index in [1.807, 2.05) is 6.07 Å². The van der Waals surface area contributed by atoms with E-state index in [1.165, 1.54) is 0 Å². The summed E-state index contributed by atoms with van der Waals surface area (Å²) in [6, 6.07) is 5.29. The first-order valence-electron chi connectivity index (χ1n) is 7.27. The normalized spacial score (nSPS) is 12.8. The van der Waals surface area contributed by atoms with E-state index < -0.39 is 0 Å². The molecule has 1 rings (SSSR count). The van der Waals surface area contributed by atoms with Gasteiger partial charge in [0, 0.05) is 24.8 Å². The molecule has 0 aliphatic carbocycles. The zero-order valence-electron chi connectivity index (χ0n) is 12.8. The molecule has 0 aromatic heterocycles. The molecule has 0 aliphatic heterocycles. The highest BCUT2D eigenvalue weighted by Gasteiger charge is 2.16. The number of nitrogens with one attached hydrogen (secondary N) is 1. The molecule has 1 aromatic rings. The third-order valence-corrected chi connectivity index (χ3v) is 3.27. The van der Waals surface area contributed by atoms with Crippen LogP contribution in [-0.4, -0.2) is 19.6 Å². The smallest absolute Gasteiger partial charge is 0.123 e. The molecule has 1 unspecified atom stereocenters. The van der Waals surface area contributed by atoms with Gasteiger partial charge >= 0.3 is 0 Å². The first kappa shape index (κ1) is 16.0. The molecule has 2 nitrogen and oxygen atoms in total. The van der Waals surface area contributed by atoms with Crippen LogP contribution in [0, 0.1) is 11.7 Å². The van der Waals surface area contributed by atoms with Crippen molar-refractivity contribution in [2.75, 3.05) is 24.5 Å². The third kappa shape index (κ3) is 4.50. The lowest BCUT2D eigenvalue weighted by molar-refractivity contribution is 0.573. The Kier molecular flexibility index (Phi) is 6.29. The summed E-state index contributed by atoms with van der Waals surface area (Å²) in [7, 11) is 0. The number of hydrogen-bond donors (Lipinski definition) is 1. The molecule has 0 amide bonds. The van der Waals surface area contributed by atoms with Gasteiger partial charge in [-0.2, -0.15) is 0 Å². The van der Waals surface area contributed by atoms with Crippen LogP contribution in [0.4, 0.5) is 10.1 Å². The highest BCUT2D eigenvalue weighted by Crippen LogP contribution is 2.28. The van der Waals surface area contributed by atoms with Crippen molar-refractivity contribution in [1.29, 1.82) is 0 Å². The average Bonchev–Trinajstić information content (AvgIpc) is 2.36. The highest BCUT2D eigenvalue weighted by atomic mass is 19.1. The first-order valence-corrected chi connectivity index (χ1v) is 7.27. The van der Waals surface area contributed by atoms with Gasteiger partial charge in [-0.3, -0.25) is 0 Å². The van der Waals surface area contributed by atoms with Crippen LogP contribution in [0.2, 0.25) is 0 Å². The van der Waals surface area contributed by atoms with Gasteiger partial charge in [0.1, 0.15) is 5.82 Å². The summed E-state index contributed by atoms with van der Waals surface area (Å²) in [5.74, 6) is 0.427. The van der Waals surface area contributed by atoms with Crippen LogP contribution in [0.3, 0.4) is 0 Å². The van der Waals surface area contributed by atoms with Crippen LogP contribution in [0.1, 0.15) is 46.2 Å². The van der Waals surface area contributed by atoms with Gasteiger partial charge in [-0.05, 0) is 50.1 Å². The van der Waals surface area contributed by atoms with Crippen molar-refractivity contribution in [1.82, 2.24) is 5.32 Å². The molecule has 3 heteroatoms. The van der Waals surface area contributed by atoms with E-state index in [0.717, 1.165) is 30.9 Å². The fourth-order valence-corrected chi connectivity index (χ4v) is 2.41.